The van der Waals surface area contributed by atoms with Gasteiger partial charge in [-0.2, -0.15) is 11.8 Å². The fourth-order valence-corrected chi connectivity index (χ4v) is 3.35. The minimum Gasteiger partial charge on any atom is -0.480 e. The summed E-state index contributed by atoms with van der Waals surface area (Å²) < 4.78 is 0. The largest absolute Gasteiger partial charge is 0.480 e. The standard InChI is InChI=1S/C12H23NO2S/c1-4-5-6-11(12(14)15)13-7-8-16-10(3)9(13)2/h9-11H,4-8H2,1-3H3,(H,14,15). The van der Waals surface area contributed by atoms with Gasteiger partial charge in [0.25, 0.3) is 0 Å². The van der Waals surface area contributed by atoms with E-state index in [0.29, 0.717) is 11.3 Å². The van der Waals surface area contributed by atoms with Gasteiger partial charge < -0.3 is 5.11 Å². The molecule has 0 spiro atoms. The first-order valence-electron chi connectivity index (χ1n) is 6.18. The lowest BCUT2D eigenvalue weighted by atomic mass is 10.0. The molecule has 0 aromatic heterocycles. The average molecular weight is 245 g/mol. The predicted octanol–water partition coefficient (Wildman–Crippen LogP) is 2.46. The van der Waals surface area contributed by atoms with Gasteiger partial charge in [0, 0.05) is 23.6 Å². The third-order valence-electron chi connectivity index (χ3n) is 3.45. The summed E-state index contributed by atoms with van der Waals surface area (Å²) in [5.74, 6) is 0.404. The smallest absolute Gasteiger partial charge is 0.320 e. The van der Waals surface area contributed by atoms with Gasteiger partial charge in [-0.15, -0.1) is 0 Å². The van der Waals surface area contributed by atoms with E-state index in [2.05, 4.69) is 25.7 Å². The Hall–Kier alpha value is -0.220. The SMILES string of the molecule is CCCCC(C(=O)O)N1CCSC(C)C1C. The van der Waals surface area contributed by atoms with E-state index in [1.165, 1.54) is 0 Å². The summed E-state index contributed by atoms with van der Waals surface area (Å²) in [6.45, 7) is 7.37. The van der Waals surface area contributed by atoms with Crippen LogP contribution in [0.15, 0.2) is 0 Å². The van der Waals surface area contributed by atoms with Crippen molar-refractivity contribution in [2.24, 2.45) is 0 Å². The van der Waals surface area contributed by atoms with Gasteiger partial charge in [0.05, 0.1) is 0 Å². The Labute approximate surface area is 103 Å². The highest BCUT2D eigenvalue weighted by Crippen LogP contribution is 2.27. The maximum atomic E-state index is 11.3. The van der Waals surface area contributed by atoms with Gasteiger partial charge >= 0.3 is 5.97 Å². The maximum absolute atomic E-state index is 11.3. The zero-order chi connectivity index (χ0) is 12.1. The van der Waals surface area contributed by atoms with Crippen molar-refractivity contribution < 1.29 is 9.90 Å². The van der Waals surface area contributed by atoms with E-state index in [-0.39, 0.29) is 6.04 Å². The number of rotatable bonds is 5. The van der Waals surface area contributed by atoms with E-state index < -0.39 is 5.97 Å². The zero-order valence-corrected chi connectivity index (χ0v) is 11.3. The van der Waals surface area contributed by atoms with Gasteiger partial charge in [-0.1, -0.05) is 26.7 Å². The quantitative estimate of drug-likeness (QED) is 0.808. The fraction of sp³-hybridized carbons (Fsp3) is 0.917. The number of aliphatic carboxylic acids is 1. The van der Waals surface area contributed by atoms with Crippen LogP contribution in [0.2, 0.25) is 0 Å². The van der Waals surface area contributed by atoms with Crippen LogP contribution < -0.4 is 0 Å². The van der Waals surface area contributed by atoms with Crippen LogP contribution in [-0.2, 0) is 4.79 Å². The monoisotopic (exact) mass is 245 g/mol. The maximum Gasteiger partial charge on any atom is 0.320 e. The molecule has 16 heavy (non-hydrogen) atoms. The van der Waals surface area contributed by atoms with E-state index in [1.54, 1.807) is 0 Å². The molecule has 3 nitrogen and oxygen atoms in total. The van der Waals surface area contributed by atoms with E-state index in [1.807, 2.05) is 11.8 Å². The summed E-state index contributed by atoms with van der Waals surface area (Å²) in [5.41, 5.74) is 0. The molecular formula is C12H23NO2S. The number of unbranched alkanes of at least 4 members (excludes halogenated alkanes) is 1. The molecule has 1 rings (SSSR count). The second-order valence-corrected chi connectivity index (χ2v) is 6.04. The third-order valence-corrected chi connectivity index (χ3v) is 4.79. The number of thioether (sulfide) groups is 1. The molecule has 1 aliphatic heterocycles. The van der Waals surface area contributed by atoms with Crippen molar-refractivity contribution in [3.05, 3.63) is 0 Å². The van der Waals surface area contributed by atoms with Crippen molar-refractivity contribution in [1.82, 2.24) is 4.90 Å². The molecule has 0 bridgehead atoms. The Balaban J connectivity index is 2.64. The van der Waals surface area contributed by atoms with Crippen LogP contribution in [0.3, 0.4) is 0 Å². The summed E-state index contributed by atoms with van der Waals surface area (Å²) in [6.07, 6.45) is 2.85. The summed E-state index contributed by atoms with van der Waals surface area (Å²) >= 11 is 1.95. The molecule has 1 fully saturated rings. The Morgan fingerprint density at radius 2 is 2.25 bits per heavy atom. The number of hydrogen-bond acceptors (Lipinski definition) is 3. The number of carbonyl (C=O) groups is 1. The van der Waals surface area contributed by atoms with E-state index >= 15 is 0 Å². The van der Waals surface area contributed by atoms with Crippen molar-refractivity contribution in [1.29, 1.82) is 0 Å². The second-order valence-electron chi connectivity index (χ2n) is 4.55. The van der Waals surface area contributed by atoms with Gasteiger partial charge in [-0.05, 0) is 13.3 Å². The molecule has 3 unspecified atom stereocenters. The molecular weight excluding hydrogens is 222 g/mol. The first kappa shape index (κ1) is 13.8. The van der Waals surface area contributed by atoms with E-state index in [9.17, 15) is 9.90 Å². The summed E-state index contributed by atoms with van der Waals surface area (Å²) in [7, 11) is 0. The van der Waals surface area contributed by atoms with Gasteiger partial charge in [0.15, 0.2) is 0 Å². The molecule has 0 saturated carbocycles. The molecule has 1 N–H and O–H groups in total. The molecule has 1 heterocycles. The van der Waals surface area contributed by atoms with Crippen molar-refractivity contribution in [3.8, 4) is 0 Å². The Kier molecular flexibility index (Phi) is 5.62. The second kappa shape index (κ2) is 6.50. The Morgan fingerprint density at radius 3 is 2.81 bits per heavy atom. The van der Waals surface area contributed by atoms with Crippen LogP contribution in [-0.4, -0.2) is 45.6 Å². The van der Waals surface area contributed by atoms with Gasteiger partial charge in [0.1, 0.15) is 6.04 Å². The molecule has 0 amide bonds. The summed E-state index contributed by atoms with van der Waals surface area (Å²) in [6, 6.07) is 0.0926. The minimum atomic E-state index is -0.653. The van der Waals surface area contributed by atoms with Crippen LogP contribution in [0.4, 0.5) is 0 Å². The van der Waals surface area contributed by atoms with E-state index in [4.69, 9.17) is 0 Å². The Bertz CT molecular complexity index is 235. The Morgan fingerprint density at radius 1 is 1.56 bits per heavy atom. The number of nitrogens with zero attached hydrogens (tertiary/aromatic N) is 1. The predicted molar refractivity (Wildman–Crippen MR) is 69.0 cm³/mol. The molecule has 1 aliphatic rings. The molecule has 1 saturated heterocycles. The molecule has 0 aromatic carbocycles. The third kappa shape index (κ3) is 3.39. The topological polar surface area (TPSA) is 40.5 Å². The highest BCUT2D eigenvalue weighted by atomic mass is 32.2. The first-order chi connectivity index (χ1) is 7.57. The zero-order valence-electron chi connectivity index (χ0n) is 10.5. The molecule has 94 valence electrons. The fourth-order valence-electron chi connectivity index (χ4n) is 2.22. The molecule has 3 atom stereocenters. The highest BCUT2D eigenvalue weighted by molar-refractivity contribution is 8.00. The lowest BCUT2D eigenvalue weighted by molar-refractivity contribution is -0.144. The number of hydrogen-bond donors (Lipinski definition) is 1. The van der Waals surface area contributed by atoms with Gasteiger partial charge in [-0.25, -0.2) is 0 Å². The average Bonchev–Trinajstić information content (AvgIpc) is 2.24. The molecule has 0 aromatic rings. The van der Waals surface area contributed by atoms with Crippen molar-refractivity contribution in [2.75, 3.05) is 12.3 Å². The van der Waals surface area contributed by atoms with Crippen LogP contribution in [0.5, 0.6) is 0 Å². The summed E-state index contributed by atoms with van der Waals surface area (Å²) in [4.78, 5) is 13.5. The summed E-state index contributed by atoms with van der Waals surface area (Å²) in [5, 5.41) is 9.85. The number of carboxylic acids is 1. The van der Waals surface area contributed by atoms with Crippen LogP contribution in [0.25, 0.3) is 0 Å². The number of carboxylic acid groups (broad SMARTS) is 1. The van der Waals surface area contributed by atoms with Crippen LogP contribution >= 0.6 is 11.8 Å². The molecule has 4 heteroatoms. The normalized spacial score (nSPS) is 28.9. The first-order valence-corrected chi connectivity index (χ1v) is 7.23. The highest BCUT2D eigenvalue weighted by Gasteiger charge is 2.33. The van der Waals surface area contributed by atoms with Crippen LogP contribution in [0, 0.1) is 0 Å². The molecule has 0 radical (unpaired) electrons. The van der Waals surface area contributed by atoms with Gasteiger partial charge in [-0.3, -0.25) is 9.69 Å². The van der Waals surface area contributed by atoms with Gasteiger partial charge in [0.2, 0.25) is 0 Å². The van der Waals surface area contributed by atoms with Crippen molar-refractivity contribution >= 4 is 17.7 Å². The van der Waals surface area contributed by atoms with Crippen LogP contribution in [0.1, 0.15) is 40.0 Å². The van der Waals surface area contributed by atoms with Crippen molar-refractivity contribution in [2.45, 2.75) is 57.4 Å². The lowest BCUT2D eigenvalue weighted by Gasteiger charge is -2.40. The van der Waals surface area contributed by atoms with E-state index in [0.717, 1.165) is 31.6 Å². The minimum absolute atomic E-state index is 0.279. The lowest BCUT2D eigenvalue weighted by Crippen LogP contribution is -2.52. The van der Waals surface area contributed by atoms with Crippen molar-refractivity contribution in [3.63, 3.8) is 0 Å². The molecule has 0 aliphatic carbocycles.